The molecule has 0 unspecified atom stereocenters. The predicted molar refractivity (Wildman–Crippen MR) is 75.7 cm³/mol. The third-order valence-electron chi connectivity index (χ3n) is 3.61. The highest BCUT2D eigenvalue weighted by atomic mass is 19.4. The summed E-state index contributed by atoms with van der Waals surface area (Å²) in [5, 5.41) is 11.3. The van der Waals surface area contributed by atoms with Gasteiger partial charge in [0, 0.05) is 32.4 Å². The van der Waals surface area contributed by atoms with Crippen molar-refractivity contribution in [2.24, 2.45) is 12.5 Å². The lowest BCUT2D eigenvalue weighted by molar-refractivity contribution is -0.159. The highest BCUT2D eigenvalue weighted by Gasteiger charge is 2.44. The van der Waals surface area contributed by atoms with E-state index in [1.54, 1.807) is 0 Å². The first kappa shape index (κ1) is 19.0. The summed E-state index contributed by atoms with van der Waals surface area (Å²) in [6.07, 6.45) is -2.66. The lowest BCUT2D eigenvalue weighted by Crippen LogP contribution is -2.35. The van der Waals surface area contributed by atoms with Gasteiger partial charge >= 0.3 is 12.1 Å². The summed E-state index contributed by atoms with van der Waals surface area (Å²) >= 11 is 0. The van der Waals surface area contributed by atoms with Crippen LogP contribution >= 0.6 is 0 Å². The molecule has 1 heterocycles. The first-order valence-corrected chi connectivity index (χ1v) is 6.99. The number of aryl methyl sites for hydroxylation is 1. The molecule has 1 aromatic rings. The van der Waals surface area contributed by atoms with Crippen LogP contribution in [-0.2, 0) is 16.6 Å². The topological polar surface area (TPSA) is 84.2 Å². The quantitative estimate of drug-likeness (QED) is 0.799. The van der Waals surface area contributed by atoms with Crippen LogP contribution in [0.5, 0.6) is 0 Å². The van der Waals surface area contributed by atoms with Crippen LogP contribution in [0.2, 0.25) is 0 Å². The van der Waals surface area contributed by atoms with Gasteiger partial charge in [-0.25, -0.2) is 4.98 Å². The SMILES string of the molecule is Cn1ccnc1[C@H](CC(=O)NCCC(C)(C)C(=O)O)C(F)(F)F. The molecule has 1 rings (SSSR count). The van der Waals surface area contributed by atoms with Crippen molar-refractivity contribution in [2.75, 3.05) is 6.54 Å². The van der Waals surface area contributed by atoms with E-state index in [2.05, 4.69) is 10.3 Å². The van der Waals surface area contributed by atoms with Gasteiger partial charge in [0.25, 0.3) is 0 Å². The first-order valence-electron chi connectivity index (χ1n) is 6.99. The van der Waals surface area contributed by atoms with Gasteiger partial charge in [-0.15, -0.1) is 0 Å². The van der Waals surface area contributed by atoms with Crippen molar-refractivity contribution < 1.29 is 27.9 Å². The number of carboxylic acid groups (broad SMARTS) is 1. The average Bonchev–Trinajstić information content (AvgIpc) is 2.80. The highest BCUT2D eigenvalue weighted by Crippen LogP contribution is 2.36. The maximum atomic E-state index is 13.1. The molecule has 0 aliphatic carbocycles. The number of hydrogen-bond donors (Lipinski definition) is 2. The highest BCUT2D eigenvalue weighted by molar-refractivity contribution is 5.77. The van der Waals surface area contributed by atoms with Crippen LogP contribution in [0.25, 0.3) is 0 Å². The van der Waals surface area contributed by atoms with Crippen LogP contribution in [0.15, 0.2) is 12.4 Å². The van der Waals surface area contributed by atoms with Crippen LogP contribution in [0.3, 0.4) is 0 Å². The third kappa shape index (κ3) is 5.26. The predicted octanol–water partition coefficient (Wildman–Crippen LogP) is 2.07. The van der Waals surface area contributed by atoms with Crippen LogP contribution < -0.4 is 5.32 Å². The Labute approximate surface area is 131 Å². The molecule has 1 atom stereocenters. The van der Waals surface area contributed by atoms with Crippen molar-refractivity contribution in [3.05, 3.63) is 18.2 Å². The molecular formula is C14H20F3N3O3. The van der Waals surface area contributed by atoms with Crippen LogP contribution in [0, 0.1) is 5.41 Å². The fourth-order valence-corrected chi connectivity index (χ4v) is 1.95. The van der Waals surface area contributed by atoms with Crippen molar-refractivity contribution in [2.45, 2.75) is 38.8 Å². The summed E-state index contributed by atoms with van der Waals surface area (Å²) in [6.45, 7) is 2.95. The summed E-state index contributed by atoms with van der Waals surface area (Å²) in [5.74, 6) is -4.07. The number of alkyl halides is 3. The number of amides is 1. The second-order valence-corrected chi connectivity index (χ2v) is 5.98. The second-order valence-electron chi connectivity index (χ2n) is 5.98. The number of rotatable bonds is 7. The monoisotopic (exact) mass is 335 g/mol. The molecule has 2 N–H and O–H groups in total. The molecule has 1 amide bonds. The maximum Gasteiger partial charge on any atom is 0.399 e. The van der Waals surface area contributed by atoms with Gasteiger partial charge in [0.05, 0.1) is 5.41 Å². The molecule has 0 aliphatic rings. The number of halogens is 3. The minimum absolute atomic E-state index is 0.0106. The molecule has 1 aromatic heterocycles. The Hall–Kier alpha value is -2.06. The van der Waals surface area contributed by atoms with E-state index in [-0.39, 0.29) is 18.8 Å². The Morgan fingerprint density at radius 1 is 1.39 bits per heavy atom. The zero-order valence-electron chi connectivity index (χ0n) is 13.1. The number of carbonyl (C=O) groups excluding carboxylic acids is 1. The zero-order valence-corrected chi connectivity index (χ0v) is 13.1. The number of aliphatic carboxylic acids is 1. The molecule has 0 spiro atoms. The number of carbonyl (C=O) groups is 2. The molecule has 0 saturated heterocycles. The van der Waals surface area contributed by atoms with E-state index < -0.39 is 35.8 Å². The molecule has 9 heteroatoms. The number of nitrogens with zero attached hydrogens (tertiary/aromatic N) is 2. The smallest absolute Gasteiger partial charge is 0.399 e. The summed E-state index contributed by atoms with van der Waals surface area (Å²) in [4.78, 5) is 26.4. The number of carboxylic acids is 1. The van der Waals surface area contributed by atoms with Crippen molar-refractivity contribution in [1.82, 2.24) is 14.9 Å². The van der Waals surface area contributed by atoms with Gasteiger partial charge in [-0.2, -0.15) is 13.2 Å². The molecule has 0 fully saturated rings. The summed E-state index contributed by atoms with van der Waals surface area (Å²) in [7, 11) is 1.42. The van der Waals surface area contributed by atoms with Crippen LogP contribution in [0.1, 0.15) is 38.4 Å². The maximum absolute atomic E-state index is 13.1. The molecule has 23 heavy (non-hydrogen) atoms. The Kier molecular flexibility index (Phi) is 5.79. The Morgan fingerprint density at radius 3 is 2.43 bits per heavy atom. The molecule has 0 bridgehead atoms. The molecule has 0 aromatic carbocycles. The fraction of sp³-hybridized carbons (Fsp3) is 0.643. The molecule has 0 radical (unpaired) electrons. The first-order chi connectivity index (χ1) is 10.4. The number of nitrogens with one attached hydrogen (secondary N) is 1. The van der Waals surface area contributed by atoms with Crippen molar-refractivity contribution >= 4 is 11.9 Å². The van der Waals surface area contributed by atoms with E-state index in [1.165, 1.54) is 37.9 Å². The Bertz CT molecular complexity index is 567. The van der Waals surface area contributed by atoms with E-state index >= 15 is 0 Å². The van der Waals surface area contributed by atoms with E-state index in [1.807, 2.05) is 0 Å². The minimum Gasteiger partial charge on any atom is -0.481 e. The van der Waals surface area contributed by atoms with Crippen LogP contribution in [0.4, 0.5) is 13.2 Å². The third-order valence-corrected chi connectivity index (χ3v) is 3.61. The Morgan fingerprint density at radius 2 is 2.00 bits per heavy atom. The number of aromatic nitrogens is 2. The summed E-state index contributed by atoms with van der Waals surface area (Å²) < 4.78 is 40.6. The number of hydrogen-bond acceptors (Lipinski definition) is 3. The van der Waals surface area contributed by atoms with Gasteiger partial charge in [0.1, 0.15) is 11.7 Å². The van der Waals surface area contributed by atoms with E-state index in [4.69, 9.17) is 5.11 Å². The second kappa shape index (κ2) is 7.01. The van der Waals surface area contributed by atoms with Crippen molar-refractivity contribution in [3.8, 4) is 0 Å². The molecular weight excluding hydrogens is 315 g/mol. The molecule has 0 saturated carbocycles. The minimum atomic E-state index is -4.60. The normalized spacial score (nSPS) is 13.7. The fourth-order valence-electron chi connectivity index (χ4n) is 1.95. The zero-order chi connectivity index (χ0) is 17.8. The average molecular weight is 335 g/mol. The van der Waals surface area contributed by atoms with Gasteiger partial charge in [-0.05, 0) is 20.3 Å². The van der Waals surface area contributed by atoms with Gasteiger partial charge in [-0.3, -0.25) is 9.59 Å². The molecule has 0 aliphatic heterocycles. The van der Waals surface area contributed by atoms with Gasteiger partial charge in [-0.1, -0.05) is 0 Å². The van der Waals surface area contributed by atoms with Crippen molar-refractivity contribution in [1.29, 1.82) is 0 Å². The molecule has 6 nitrogen and oxygen atoms in total. The van der Waals surface area contributed by atoms with Gasteiger partial charge in [0.15, 0.2) is 0 Å². The standard InChI is InChI=1S/C14H20F3N3O3/c1-13(2,12(22)23)4-5-18-10(21)8-9(14(15,16)17)11-19-6-7-20(11)3/h6-7,9H,4-5,8H2,1-3H3,(H,18,21)(H,22,23)/t9-/m0/s1. The van der Waals surface area contributed by atoms with Crippen molar-refractivity contribution in [3.63, 3.8) is 0 Å². The van der Waals surface area contributed by atoms with Gasteiger partial charge < -0.3 is 15.0 Å². The van der Waals surface area contributed by atoms with Crippen LogP contribution in [-0.4, -0.2) is 39.3 Å². The van der Waals surface area contributed by atoms with E-state index in [9.17, 15) is 22.8 Å². The largest absolute Gasteiger partial charge is 0.481 e. The summed E-state index contributed by atoms with van der Waals surface area (Å²) in [5.41, 5.74) is -1.06. The van der Waals surface area contributed by atoms with E-state index in [0.29, 0.717) is 0 Å². The van der Waals surface area contributed by atoms with Gasteiger partial charge in [0.2, 0.25) is 5.91 Å². The summed E-state index contributed by atoms with van der Waals surface area (Å²) in [6, 6.07) is 0. The molecule has 130 valence electrons. The lowest BCUT2D eigenvalue weighted by atomic mass is 9.89. The van der Waals surface area contributed by atoms with E-state index in [0.717, 1.165) is 0 Å². The number of imidazole rings is 1. The lowest BCUT2D eigenvalue weighted by Gasteiger charge is -2.21. The Balaban J connectivity index is 2.66.